The molecule has 0 radical (unpaired) electrons. The Hall–Kier alpha value is -3.50. The number of carbonyl (C=O) groups is 2. The van der Waals surface area contributed by atoms with E-state index in [2.05, 4.69) is 10.3 Å². The molecule has 8 nitrogen and oxygen atoms in total. The van der Waals surface area contributed by atoms with E-state index < -0.39 is 23.6 Å². The molecule has 2 atom stereocenters. The lowest BCUT2D eigenvalue weighted by atomic mass is 9.82. The van der Waals surface area contributed by atoms with Gasteiger partial charge in [-0.15, -0.1) is 0 Å². The normalized spacial score (nSPS) is 24.2. The zero-order valence-corrected chi connectivity index (χ0v) is 20.2. The number of hydrogen-bond acceptors (Lipinski definition) is 6. The van der Waals surface area contributed by atoms with Crippen LogP contribution in [0.15, 0.2) is 18.3 Å². The van der Waals surface area contributed by atoms with Crippen LogP contribution < -0.4 is 19.5 Å². The van der Waals surface area contributed by atoms with Crippen molar-refractivity contribution in [3.8, 4) is 17.4 Å². The van der Waals surface area contributed by atoms with Gasteiger partial charge in [-0.25, -0.2) is 18.2 Å². The molecular formula is C26H26F3N3O5. The van der Waals surface area contributed by atoms with Crippen molar-refractivity contribution in [1.82, 2.24) is 9.88 Å². The van der Waals surface area contributed by atoms with E-state index in [1.807, 2.05) is 0 Å². The number of amides is 2. The van der Waals surface area contributed by atoms with Crippen molar-refractivity contribution in [2.75, 3.05) is 25.1 Å². The number of benzene rings is 1. The molecule has 11 heteroatoms. The Morgan fingerprint density at radius 2 is 2.05 bits per heavy atom. The maximum atomic E-state index is 15.1. The molecule has 1 saturated carbocycles. The summed E-state index contributed by atoms with van der Waals surface area (Å²) in [6.45, 7) is 1.84. The van der Waals surface area contributed by atoms with Gasteiger partial charge in [-0.1, -0.05) is 0 Å². The first-order valence-electron chi connectivity index (χ1n) is 12.4. The molecule has 4 heterocycles. The molecule has 6 rings (SSSR count). The molecule has 2 fully saturated rings. The van der Waals surface area contributed by atoms with Gasteiger partial charge in [0.1, 0.15) is 24.0 Å². The molecular weight excluding hydrogens is 491 g/mol. The highest BCUT2D eigenvalue weighted by atomic mass is 19.3. The second kappa shape index (κ2) is 8.81. The van der Waals surface area contributed by atoms with Gasteiger partial charge < -0.3 is 24.4 Å². The SMILES string of the molecule is Cc1cc2c(c(OCC3CC(F)(F)C3)c1F)C(=O)N1C[C@@H](Oc3cc4c(cn3)CCC(=O)N4)C[C@@H]1CO2. The summed E-state index contributed by atoms with van der Waals surface area (Å²) in [5.41, 5.74) is 1.81. The summed E-state index contributed by atoms with van der Waals surface area (Å²) in [5, 5.41) is 2.82. The highest BCUT2D eigenvalue weighted by Crippen LogP contribution is 2.44. The van der Waals surface area contributed by atoms with Crippen molar-refractivity contribution in [2.24, 2.45) is 5.92 Å². The molecule has 0 bridgehead atoms. The third-order valence-electron chi connectivity index (χ3n) is 7.43. The van der Waals surface area contributed by atoms with E-state index in [0.717, 1.165) is 5.56 Å². The first-order valence-corrected chi connectivity index (χ1v) is 12.4. The number of aryl methyl sites for hydroxylation is 2. The highest BCUT2D eigenvalue weighted by molar-refractivity contribution is 6.00. The molecule has 2 aromatic rings. The summed E-state index contributed by atoms with van der Waals surface area (Å²) in [6, 6.07) is 2.83. The number of fused-ring (bicyclic) bond motifs is 3. The van der Waals surface area contributed by atoms with Gasteiger partial charge in [-0.2, -0.15) is 0 Å². The molecule has 0 spiro atoms. The fourth-order valence-electron chi connectivity index (χ4n) is 5.46. The summed E-state index contributed by atoms with van der Waals surface area (Å²) in [7, 11) is 0. The van der Waals surface area contributed by atoms with Crippen LogP contribution in [0.3, 0.4) is 0 Å². The second-order valence-electron chi connectivity index (χ2n) is 10.3. The third kappa shape index (κ3) is 4.44. The van der Waals surface area contributed by atoms with Crippen LogP contribution in [0.25, 0.3) is 0 Å². The van der Waals surface area contributed by atoms with Crippen LogP contribution >= 0.6 is 0 Å². The molecule has 0 unspecified atom stereocenters. The van der Waals surface area contributed by atoms with E-state index in [9.17, 15) is 18.4 Å². The van der Waals surface area contributed by atoms with Crippen LogP contribution in [0.2, 0.25) is 0 Å². The summed E-state index contributed by atoms with van der Waals surface area (Å²) < 4.78 is 59.3. The summed E-state index contributed by atoms with van der Waals surface area (Å²) >= 11 is 0. The first-order chi connectivity index (χ1) is 17.7. The van der Waals surface area contributed by atoms with Crippen LogP contribution in [0.1, 0.15) is 47.2 Å². The molecule has 4 aliphatic rings. The maximum absolute atomic E-state index is 15.1. The van der Waals surface area contributed by atoms with Gasteiger partial charge in [0.2, 0.25) is 17.7 Å². The Kier molecular flexibility index (Phi) is 5.68. The fraction of sp³-hybridized carbons (Fsp3) is 0.500. The Labute approximate surface area is 211 Å². The molecule has 1 saturated heterocycles. The summed E-state index contributed by atoms with van der Waals surface area (Å²) in [4.78, 5) is 31.3. The fourth-order valence-corrected chi connectivity index (χ4v) is 5.46. The second-order valence-corrected chi connectivity index (χ2v) is 10.3. The number of pyridine rings is 1. The number of alkyl halides is 2. The molecule has 3 aliphatic heterocycles. The van der Waals surface area contributed by atoms with Crippen LogP contribution in [0.5, 0.6) is 17.4 Å². The van der Waals surface area contributed by atoms with Crippen molar-refractivity contribution in [3.05, 3.63) is 40.8 Å². The van der Waals surface area contributed by atoms with Crippen molar-refractivity contribution in [1.29, 1.82) is 0 Å². The lowest BCUT2D eigenvalue weighted by molar-refractivity contribution is -0.119. The third-order valence-corrected chi connectivity index (χ3v) is 7.43. The van der Waals surface area contributed by atoms with Crippen molar-refractivity contribution >= 4 is 17.5 Å². The van der Waals surface area contributed by atoms with E-state index in [4.69, 9.17) is 14.2 Å². The molecule has 1 aromatic carbocycles. The molecule has 1 N–H and O–H groups in total. The van der Waals surface area contributed by atoms with E-state index in [1.54, 1.807) is 17.2 Å². The molecule has 2 amide bonds. The minimum atomic E-state index is -2.72. The quantitative estimate of drug-likeness (QED) is 0.648. The van der Waals surface area contributed by atoms with Gasteiger partial charge in [0.05, 0.1) is 24.9 Å². The number of carbonyl (C=O) groups excluding carboxylic acids is 2. The predicted octanol–water partition coefficient (Wildman–Crippen LogP) is 3.89. The zero-order chi connectivity index (χ0) is 25.9. The van der Waals surface area contributed by atoms with Crippen LogP contribution in [0.4, 0.5) is 18.9 Å². The molecule has 196 valence electrons. The lowest BCUT2D eigenvalue weighted by Gasteiger charge is -2.34. The zero-order valence-electron chi connectivity index (χ0n) is 20.2. The van der Waals surface area contributed by atoms with Crippen LogP contribution in [0, 0.1) is 18.7 Å². The Bertz CT molecular complexity index is 1280. The van der Waals surface area contributed by atoms with Gasteiger partial charge >= 0.3 is 0 Å². The highest BCUT2D eigenvalue weighted by Gasteiger charge is 2.46. The Balaban J connectivity index is 1.20. The Morgan fingerprint density at radius 1 is 1.24 bits per heavy atom. The standard InChI is InChI=1S/C26H26F3N3O5/c1-13-4-19-22(24(23(13)27)36-11-14-7-26(28,29)8-14)25(34)32-10-17(5-16(32)12-35-19)37-21-6-18-15(9-30-21)2-3-20(33)31-18/h4,6,9,14,16-17H,2-3,5,7-8,10-12H2,1H3,(H,31,33)/t16-,17+/m1/s1. The van der Waals surface area contributed by atoms with Gasteiger partial charge in [0, 0.05) is 43.9 Å². The number of nitrogens with one attached hydrogen (secondary N) is 1. The number of anilines is 1. The molecule has 37 heavy (non-hydrogen) atoms. The molecule has 1 aromatic heterocycles. The topological polar surface area (TPSA) is 90.0 Å². The summed E-state index contributed by atoms with van der Waals surface area (Å²) in [6.07, 6.45) is 2.15. The van der Waals surface area contributed by atoms with E-state index in [-0.39, 0.29) is 73.3 Å². The minimum Gasteiger partial charge on any atom is -0.490 e. The van der Waals surface area contributed by atoms with E-state index >= 15 is 4.39 Å². The van der Waals surface area contributed by atoms with Gasteiger partial charge in [0.25, 0.3) is 5.91 Å². The lowest BCUT2D eigenvalue weighted by Crippen LogP contribution is -2.39. The summed E-state index contributed by atoms with van der Waals surface area (Å²) in [5.74, 6) is -4.05. The molecule has 1 aliphatic carbocycles. The number of halogens is 3. The smallest absolute Gasteiger partial charge is 0.262 e. The minimum absolute atomic E-state index is 0.0352. The van der Waals surface area contributed by atoms with Crippen LogP contribution in [-0.2, 0) is 11.2 Å². The van der Waals surface area contributed by atoms with Crippen molar-refractivity contribution < 1.29 is 37.0 Å². The van der Waals surface area contributed by atoms with Crippen molar-refractivity contribution in [2.45, 2.75) is 57.1 Å². The number of ether oxygens (including phenoxy) is 3. The average molecular weight is 518 g/mol. The predicted molar refractivity (Wildman–Crippen MR) is 125 cm³/mol. The number of hydrogen-bond donors (Lipinski definition) is 1. The van der Waals surface area contributed by atoms with Gasteiger partial charge in [-0.05, 0) is 30.5 Å². The van der Waals surface area contributed by atoms with E-state index in [1.165, 1.54) is 13.0 Å². The largest absolute Gasteiger partial charge is 0.490 e. The van der Waals surface area contributed by atoms with Gasteiger partial charge in [0.15, 0.2) is 11.6 Å². The van der Waals surface area contributed by atoms with Gasteiger partial charge in [-0.3, -0.25) is 9.59 Å². The number of aromatic nitrogens is 1. The average Bonchev–Trinajstić information content (AvgIpc) is 3.19. The first kappa shape index (κ1) is 23.9. The van der Waals surface area contributed by atoms with Crippen LogP contribution in [-0.4, -0.2) is 59.5 Å². The Morgan fingerprint density at radius 3 is 2.84 bits per heavy atom. The maximum Gasteiger partial charge on any atom is 0.262 e. The monoisotopic (exact) mass is 517 g/mol. The van der Waals surface area contributed by atoms with E-state index in [0.29, 0.717) is 30.8 Å². The van der Waals surface area contributed by atoms with Crippen molar-refractivity contribution in [3.63, 3.8) is 0 Å². The number of nitrogens with zero attached hydrogens (tertiary/aromatic N) is 2. The number of rotatable bonds is 5.